The molecule has 0 radical (unpaired) electrons. The second-order valence-corrected chi connectivity index (χ2v) is 7.76. The molecular weight excluding hydrogens is 398 g/mol. The first kappa shape index (κ1) is 21.3. The van der Waals surface area contributed by atoms with Crippen molar-refractivity contribution >= 4 is 23.2 Å². The Hall–Kier alpha value is -3.45. The van der Waals surface area contributed by atoms with E-state index in [9.17, 15) is 14.4 Å². The third-order valence-electron chi connectivity index (χ3n) is 4.50. The molecule has 0 saturated heterocycles. The number of rotatable bonds is 8. The lowest BCUT2D eigenvalue weighted by molar-refractivity contribution is 0.0938. The number of benzene rings is 1. The van der Waals surface area contributed by atoms with Crippen LogP contribution in [0.5, 0.6) is 0 Å². The van der Waals surface area contributed by atoms with Crippen molar-refractivity contribution in [3.8, 4) is 0 Å². The Morgan fingerprint density at radius 1 is 1.10 bits per heavy atom. The molecule has 3 rings (SSSR count). The number of hydrogen-bond acceptors (Lipinski definition) is 4. The summed E-state index contributed by atoms with van der Waals surface area (Å²) in [4.78, 5) is 39.3. The fraction of sp³-hybridized carbons (Fsp3) is 0.174. The Labute approximate surface area is 178 Å². The molecule has 0 unspecified atom stereocenters. The fourth-order valence-electron chi connectivity index (χ4n) is 2.98. The molecule has 0 fully saturated rings. The van der Waals surface area contributed by atoms with Crippen molar-refractivity contribution < 1.29 is 9.59 Å². The molecule has 2 N–H and O–H groups in total. The van der Waals surface area contributed by atoms with Gasteiger partial charge in [0.15, 0.2) is 0 Å². The summed E-state index contributed by atoms with van der Waals surface area (Å²) < 4.78 is 1.68. The van der Waals surface area contributed by atoms with Gasteiger partial charge in [-0.1, -0.05) is 42.5 Å². The van der Waals surface area contributed by atoms with Crippen LogP contribution in [0, 0.1) is 0 Å². The van der Waals surface area contributed by atoms with Gasteiger partial charge < -0.3 is 15.2 Å². The largest absolute Gasteiger partial charge is 0.348 e. The maximum absolute atomic E-state index is 12.9. The topological polar surface area (TPSA) is 80.2 Å². The zero-order valence-electron chi connectivity index (χ0n) is 16.6. The van der Waals surface area contributed by atoms with Crippen LogP contribution >= 0.6 is 11.3 Å². The van der Waals surface area contributed by atoms with Gasteiger partial charge in [-0.05, 0) is 23.9 Å². The number of hydrogen-bond donors (Lipinski definition) is 2. The van der Waals surface area contributed by atoms with E-state index in [2.05, 4.69) is 17.2 Å². The number of nitrogens with one attached hydrogen (secondary N) is 2. The van der Waals surface area contributed by atoms with Gasteiger partial charge >= 0.3 is 0 Å². The molecule has 1 aromatic carbocycles. The van der Waals surface area contributed by atoms with Gasteiger partial charge in [0.25, 0.3) is 11.8 Å². The van der Waals surface area contributed by atoms with Gasteiger partial charge in [-0.15, -0.1) is 17.9 Å². The van der Waals surface area contributed by atoms with E-state index in [4.69, 9.17) is 0 Å². The van der Waals surface area contributed by atoms with E-state index in [0.29, 0.717) is 6.54 Å². The van der Waals surface area contributed by atoms with Crippen molar-refractivity contribution in [3.63, 3.8) is 0 Å². The SMILES string of the molecule is C=CCNC(=O)c1cn(Cc2ccccc2)cc(C(=O)N[C@@H](C)c2cccs2)c1=O. The molecule has 154 valence electrons. The summed E-state index contributed by atoms with van der Waals surface area (Å²) in [7, 11) is 0. The average molecular weight is 422 g/mol. The number of carbonyl (C=O) groups is 2. The van der Waals surface area contributed by atoms with Crippen molar-refractivity contribution in [1.29, 1.82) is 0 Å². The Morgan fingerprint density at radius 2 is 1.80 bits per heavy atom. The van der Waals surface area contributed by atoms with Crippen LogP contribution in [0.25, 0.3) is 0 Å². The van der Waals surface area contributed by atoms with Crippen LogP contribution in [-0.4, -0.2) is 22.9 Å². The number of carbonyl (C=O) groups excluding carboxylic acids is 2. The Kier molecular flexibility index (Phi) is 6.98. The van der Waals surface area contributed by atoms with Crippen LogP contribution in [0.4, 0.5) is 0 Å². The van der Waals surface area contributed by atoms with Gasteiger partial charge in [0, 0.05) is 30.4 Å². The molecule has 0 aliphatic heterocycles. The lowest BCUT2D eigenvalue weighted by Crippen LogP contribution is -2.36. The highest BCUT2D eigenvalue weighted by Crippen LogP contribution is 2.18. The summed E-state index contributed by atoms with van der Waals surface area (Å²) in [5, 5.41) is 7.39. The quantitative estimate of drug-likeness (QED) is 0.547. The van der Waals surface area contributed by atoms with Gasteiger partial charge in [-0.25, -0.2) is 0 Å². The summed E-state index contributed by atoms with van der Waals surface area (Å²) in [5.41, 5.74) is 0.235. The van der Waals surface area contributed by atoms with Crippen molar-refractivity contribution in [3.05, 3.63) is 105 Å². The molecule has 1 atom stereocenters. The van der Waals surface area contributed by atoms with Crippen LogP contribution in [0.3, 0.4) is 0 Å². The number of amides is 2. The molecule has 0 saturated carbocycles. The van der Waals surface area contributed by atoms with Crippen molar-refractivity contribution in [2.24, 2.45) is 0 Å². The highest BCUT2D eigenvalue weighted by molar-refractivity contribution is 7.10. The van der Waals surface area contributed by atoms with Crippen LogP contribution < -0.4 is 16.1 Å². The Morgan fingerprint density at radius 3 is 2.43 bits per heavy atom. The van der Waals surface area contributed by atoms with E-state index in [1.54, 1.807) is 4.57 Å². The molecule has 30 heavy (non-hydrogen) atoms. The smallest absolute Gasteiger partial charge is 0.257 e. The number of aromatic nitrogens is 1. The maximum Gasteiger partial charge on any atom is 0.257 e. The molecule has 0 bridgehead atoms. The highest BCUT2D eigenvalue weighted by atomic mass is 32.1. The molecule has 3 aromatic rings. The normalized spacial score (nSPS) is 11.5. The lowest BCUT2D eigenvalue weighted by Gasteiger charge is -2.15. The fourth-order valence-corrected chi connectivity index (χ4v) is 3.72. The highest BCUT2D eigenvalue weighted by Gasteiger charge is 2.21. The van der Waals surface area contributed by atoms with E-state index < -0.39 is 17.2 Å². The predicted octanol–water partition coefficient (Wildman–Crippen LogP) is 3.36. The van der Waals surface area contributed by atoms with Crippen molar-refractivity contribution in [2.75, 3.05) is 6.54 Å². The van der Waals surface area contributed by atoms with Crippen LogP contribution in [0.15, 0.2) is 77.7 Å². The van der Waals surface area contributed by atoms with Crippen molar-refractivity contribution in [2.45, 2.75) is 19.5 Å². The van der Waals surface area contributed by atoms with Crippen LogP contribution in [0.1, 0.15) is 44.1 Å². The van der Waals surface area contributed by atoms with Crippen LogP contribution in [-0.2, 0) is 6.54 Å². The summed E-state index contributed by atoms with van der Waals surface area (Å²) >= 11 is 1.52. The minimum atomic E-state index is -0.600. The van der Waals surface area contributed by atoms with E-state index in [1.807, 2.05) is 54.8 Å². The van der Waals surface area contributed by atoms with E-state index in [1.165, 1.54) is 29.8 Å². The Bertz CT molecular complexity index is 1090. The first-order valence-corrected chi connectivity index (χ1v) is 10.4. The van der Waals surface area contributed by atoms with Gasteiger partial charge in [0.05, 0.1) is 6.04 Å². The number of pyridine rings is 1. The summed E-state index contributed by atoms with van der Waals surface area (Å²) in [6.07, 6.45) is 4.50. The number of thiophene rings is 1. The standard InChI is InChI=1S/C23H23N3O3S/c1-3-11-24-22(28)18-14-26(13-17-8-5-4-6-9-17)15-19(21(18)27)23(29)25-16(2)20-10-7-12-30-20/h3-10,12,14-16H,1,11,13H2,2H3,(H,24,28)(H,25,29)/t16-/m0/s1. The first-order valence-electron chi connectivity index (χ1n) is 9.51. The minimum Gasteiger partial charge on any atom is -0.348 e. The summed E-state index contributed by atoms with van der Waals surface area (Å²) in [6, 6.07) is 13.2. The van der Waals surface area contributed by atoms with Gasteiger partial charge in [0.2, 0.25) is 5.43 Å². The molecule has 2 heterocycles. The maximum atomic E-state index is 12.9. The third-order valence-corrected chi connectivity index (χ3v) is 5.56. The van der Waals surface area contributed by atoms with Gasteiger partial charge in [-0.3, -0.25) is 14.4 Å². The first-order chi connectivity index (χ1) is 14.5. The summed E-state index contributed by atoms with van der Waals surface area (Å²) in [5.74, 6) is -1.05. The third kappa shape index (κ3) is 5.12. The lowest BCUT2D eigenvalue weighted by atomic mass is 10.1. The van der Waals surface area contributed by atoms with E-state index in [-0.39, 0.29) is 23.7 Å². The molecule has 2 amide bonds. The second kappa shape index (κ2) is 9.84. The summed E-state index contributed by atoms with van der Waals surface area (Å²) in [6.45, 7) is 6.06. The van der Waals surface area contributed by atoms with Gasteiger partial charge in [-0.2, -0.15) is 0 Å². The van der Waals surface area contributed by atoms with Crippen molar-refractivity contribution in [1.82, 2.24) is 15.2 Å². The minimum absolute atomic E-state index is 0.0689. The number of nitrogens with zero attached hydrogens (tertiary/aromatic N) is 1. The predicted molar refractivity (Wildman–Crippen MR) is 119 cm³/mol. The average Bonchev–Trinajstić information content (AvgIpc) is 3.29. The van der Waals surface area contributed by atoms with E-state index in [0.717, 1.165) is 10.4 Å². The zero-order chi connectivity index (χ0) is 21.5. The molecule has 7 heteroatoms. The van der Waals surface area contributed by atoms with Crippen LogP contribution in [0.2, 0.25) is 0 Å². The molecular formula is C23H23N3O3S. The zero-order valence-corrected chi connectivity index (χ0v) is 17.4. The molecule has 2 aromatic heterocycles. The molecule has 0 spiro atoms. The van der Waals surface area contributed by atoms with Gasteiger partial charge in [0.1, 0.15) is 11.1 Å². The molecule has 0 aliphatic carbocycles. The Balaban J connectivity index is 1.96. The second-order valence-electron chi connectivity index (χ2n) is 6.78. The molecule has 0 aliphatic rings. The van der Waals surface area contributed by atoms with E-state index >= 15 is 0 Å². The monoisotopic (exact) mass is 421 g/mol. The molecule has 6 nitrogen and oxygen atoms in total.